The minimum Gasteiger partial charge on any atom is -0.490 e. The Morgan fingerprint density at radius 3 is 2.18 bits per heavy atom. The summed E-state index contributed by atoms with van der Waals surface area (Å²) >= 11 is 0. The summed E-state index contributed by atoms with van der Waals surface area (Å²) < 4.78 is 6.00. The van der Waals surface area contributed by atoms with Crippen LogP contribution in [0.3, 0.4) is 0 Å². The molecule has 3 nitrogen and oxygen atoms in total. The molecule has 0 saturated heterocycles. The van der Waals surface area contributed by atoms with Crippen molar-refractivity contribution in [1.29, 1.82) is 0 Å². The Hall–Kier alpha value is -1.77. The van der Waals surface area contributed by atoms with Crippen molar-refractivity contribution in [3.8, 4) is 5.75 Å². The molecule has 0 radical (unpaired) electrons. The smallest absolute Gasteiger partial charge is 0.330 e. The van der Waals surface area contributed by atoms with E-state index in [0.29, 0.717) is 6.10 Å². The molecule has 0 bridgehead atoms. The van der Waals surface area contributed by atoms with Crippen LogP contribution in [0.1, 0.15) is 59.3 Å². The number of hydrogen-bond donors (Lipinski definition) is 1. The SMILES string of the molecule is C=C(C)C(=O)O.CCCCCC(CCC)Oc1ccccc1. The summed E-state index contributed by atoms with van der Waals surface area (Å²) in [5.41, 5.74) is 0.176. The molecule has 1 rings (SSSR count). The minimum atomic E-state index is -0.935. The van der Waals surface area contributed by atoms with Crippen molar-refractivity contribution < 1.29 is 14.6 Å². The highest BCUT2D eigenvalue weighted by atomic mass is 16.5. The number of carbonyl (C=O) groups is 1. The Balaban J connectivity index is 0.000000626. The summed E-state index contributed by atoms with van der Waals surface area (Å²) in [5, 5.41) is 7.89. The molecule has 1 aromatic carbocycles. The first-order chi connectivity index (χ1) is 10.5. The van der Waals surface area contributed by atoms with Crippen LogP contribution in [0.15, 0.2) is 42.5 Å². The quantitative estimate of drug-likeness (QED) is 0.486. The van der Waals surface area contributed by atoms with Crippen molar-refractivity contribution >= 4 is 5.97 Å². The molecule has 1 aromatic rings. The monoisotopic (exact) mass is 306 g/mol. The standard InChI is InChI=1S/C15H24O.C4H6O2/c1-3-5-7-11-14(10-4-2)16-15-12-8-6-9-13-15;1-3(2)4(5)6/h6,8-9,12-14H,3-5,7,10-11H2,1-2H3;1H2,2H3,(H,5,6). The topological polar surface area (TPSA) is 46.5 Å². The molecule has 1 N–H and O–H groups in total. The van der Waals surface area contributed by atoms with E-state index in [1.165, 1.54) is 45.4 Å². The second-order valence-electron chi connectivity index (χ2n) is 5.42. The molecule has 0 aliphatic heterocycles. The van der Waals surface area contributed by atoms with E-state index in [-0.39, 0.29) is 5.57 Å². The summed E-state index contributed by atoms with van der Waals surface area (Å²) in [5.74, 6) is 0.0763. The van der Waals surface area contributed by atoms with Gasteiger partial charge in [-0.05, 0) is 38.3 Å². The minimum absolute atomic E-state index is 0.176. The Morgan fingerprint density at radius 1 is 1.14 bits per heavy atom. The van der Waals surface area contributed by atoms with Gasteiger partial charge >= 0.3 is 5.97 Å². The van der Waals surface area contributed by atoms with Crippen molar-refractivity contribution in [1.82, 2.24) is 0 Å². The predicted molar refractivity (Wildman–Crippen MR) is 92.4 cm³/mol. The lowest BCUT2D eigenvalue weighted by Gasteiger charge is -2.18. The van der Waals surface area contributed by atoms with Gasteiger partial charge in [-0.3, -0.25) is 0 Å². The highest BCUT2D eigenvalue weighted by Crippen LogP contribution is 2.17. The highest BCUT2D eigenvalue weighted by Gasteiger charge is 2.08. The van der Waals surface area contributed by atoms with Gasteiger partial charge in [0.05, 0.1) is 6.10 Å². The Labute approximate surface area is 135 Å². The molecule has 3 heteroatoms. The van der Waals surface area contributed by atoms with E-state index in [0.717, 1.165) is 5.75 Å². The maximum atomic E-state index is 9.60. The van der Waals surface area contributed by atoms with Crippen LogP contribution in [0.5, 0.6) is 5.75 Å². The third-order valence-electron chi connectivity index (χ3n) is 3.15. The molecular weight excluding hydrogens is 276 g/mol. The molecule has 0 amide bonds. The number of rotatable bonds is 9. The lowest BCUT2D eigenvalue weighted by Crippen LogP contribution is -2.16. The molecule has 0 aliphatic carbocycles. The fourth-order valence-electron chi connectivity index (χ4n) is 1.90. The van der Waals surface area contributed by atoms with Gasteiger partial charge in [0, 0.05) is 5.57 Å². The molecular formula is C19H30O3. The Morgan fingerprint density at radius 2 is 1.73 bits per heavy atom. The van der Waals surface area contributed by atoms with Crippen molar-refractivity contribution in [2.24, 2.45) is 0 Å². The highest BCUT2D eigenvalue weighted by molar-refractivity contribution is 5.84. The van der Waals surface area contributed by atoms with Crippen LogP contribution < -0.4 is 4.74 Å². The molecule has 0 spiro atoms. The molecule has 124 valence electrons. The Bertz CT molecular complexity index is 400. The van der Waals surface area contributed by atoms with Crippen molar-refractivity contribution in [2.45, 2.75) is 65.4 Å². The van der Waals surface area contributed by atoms with E-state index in [9.17, 15) is 4.79 Å². The summed E-state index contributed by atoms with van der Waals surface area (Å²) in [6.45, 7) is 9.07. The number of unbranched alkanes of at least 4 members (excludes halogenated alkanes) is 2. The van der Waals surface area contributed by atoms with Gasteiger partial charge in [0.25, 0.3) is 0 Å². The van der Waals surface area contributed by atoms with Gasteiger partial charge in [0.1, 0.15) is 5.75 Å². The third-order valence-corrected chi connectivity index (χ3v) is 3.15. The van der Waals surface area contributed by atoms with Crippen molar-refractivity contribution in [2.75, 3.05) is 0 Å². The van der Waals surface area contributed by atoms with E-state index in [2.05, 4.69) is 20.4 Å². The normalized spacial score (nSPS) is 11.0. The van der Waals surface area contributed by atoms with Crippen LogP contribution in [0.4, 0.5) is 0 Å². The zero-order valence-electron chi connectivity index (χ0n) is 14.2. The molecule has 0 fully saturated rings. The number of ether oxygens (including phenoxy) is 1. The van der Waals surface area contributed by atoms with Gasteiger partial charge in [-0.15, -0.1) is 0 Å². The maximum Gasteiger partial charge on any atom is 0.330 e. The second-order valence-corrected chi connectivity index (χ2v) is 5.42. The van der Waals surface area contributed by atoms with Gasteiger partial charge in [-0.1, -0.05) is 57.9 Å². The zero-order valence-corrected chi connectivity index (χ0v) is 14.2. The molecule has 0 saturated carbocycles. The first kappa shape index (κ1) is 20.2. The average Bonchev–Trinajstić information content (AvgIpc) is 2.49. The molecule has 1 atom stereocenters. The fraction of sp³-hybridized carbons (Fsp3) is 0.526. The van der Waals surface area contributed by atoms with E-state index in [1.807, 2.05) is 30.3 Å². The van der Waals surface area contributed by atoms with Gasteiger partial charge in [-0.2, -0.15) is 0 Å². The van der Waals surface area contributed by atoms with Crippen LogP contribution in [-0.4, -0.2) is 17.2 Å². The van der Waals surface area contributed by atoms with Crippen molar-refractivity contribution in [3.05, 3.63) is 42.5 Å². The van der Waals surface area contributed by atoms with E-state index < -0.39 is 5.97 Å². The molecule has 22 heavy (non-hydrogen) atoms. The van der Waals surface area contributed by atoms with Gasteiger partial charge in [0.15, 0.2) is 0 Å². The third kappa shape index (κ3) is 11.0. The number of para-hydroxylation sites is 1. The van der Waals surface area contributed by atoms with E-state index in [4.69, 9.17) is 9.84 Å². The Kier molecular flexibility index (Phi) is 11.9. The van der Waals surface area contributed by atoms with Crippen molar-refractivity contribution in [3.63, 3.8) is 0 Å². The summed E-state index contributed by atoms with van der Waals surface area (Å²) in [6, 6.07) is 10.2. The van der Waals surface area contributed by atoms with E-state index >= 15 is 0 Å². The van der Waals surface area contributed by atoms with Crippen LogP contribution in [-0.2, 0) is 4.79 Å². The second kappa shape index (κ2) is 12.9. The number of hydrogen-bond acceptors (Lipinski definition) is 2. The van der Waals surface area contributed by atoms with Crippen LogP contribution >= 0.6 is 0 Å². The number of benzene rings is 1. The number of carboxylic acids is 1. The number of aliphatic carboxylic acids is 1. The zero-order chi connectivity index (χ0) is 16.8. The molecule has 1 unspecified atom stereocenters. The first-order valence-electron chi connectivity index (χ1n) is 8.11. The summed E-state index contributed by atoms with van der Waals surface area (Å²) in [4.78, 5) is 9.60. The van der Waals surface area contributed by atoms with Gasteiger partial charge in [-0.25, -0.2) is 4.79 Å². The summed E-state index contributed by atoms with van der Waals surface area (Å²) in [6.07, 6.45) is 7.84. The van der Waals surface area contributed by atoms with Crippen LogP contribution in [0.2, 0.25) is 0 Å². The first-order valence-corrected chi connectivity index (χ1v) is 8.11. The average molecular weight is 306 g/mol. The predicted octanol–water partition coefficient (Wildman–Crippen LogP) is 5.46. The van der Waals surface area contributed by atoms with Crippen LogP contribution in [0.25, 0.3) is 0 Å². The van der Waals surface area contributed by atoms with Gasteiger partial charge < -0.3 is 9.84 Å². The molecule has 0 heterocycles. The van der Waals surface area contributed by atoms with Crippen LogP contribution in [0, 0.1) is 0 Å². The maximum absolute atomic E-state index is 9.60. The fourth-order valence-corrected chi connectivity index (χ4v) is 1.90. The lowest BCUT2D eigenvalue weighted by molar-refractivity contribution is -0.132. The molecule has 0 aliphatic rings. The van der Waals surface area contributed by atoms with E-state index in [1.54, 1.807) is 0 Å². The molecule has 0 aromatic heterocycles. The van der Waals surface area contributed by atoms with Gasteiger partial charge in [0.2, 0.25) is 0 Å². The largest absolute Gasteiger partial charge is 0.490 e. The lowest BCUT2D eigenvalue weighted by atomic mass is 10.1. The number of carboxylic acid groups (broad SMARTS) is 1. The summed E-state index contributed by atoms with van der Waals surface area (Å²) in [7, 11) is 0.